The fourth-order valence-electron chi connectivity index (χ4n) is 2.97. The van der Waals surface area contributed by atoms with Crippen LogP contribution in [0, 0.1) is 6.92 Å². The molecular weight excluding hydrogens is 284 g/mol. The summed E-state index contributed by atoms with van der Waals surface area (Å²) >= 11 is 0. The van der Waals surface area contributed by atoms with E-state index in [9.17, 15) is 0 Å². The van der Waals surface area contributed by atoms with E-state index in [2.05, 4.69) is 59.4 Å². The molecule has 1 aromatic heterocycles. The van der Waals surface area contributed by atoms with Gasteiger partial charge in [0.05, 0.1) is 0 Å². The molecule has 0 saturated carbocycles. The fraction of sp³-hybridized carbons (Fsp3) is 0.474. The van der Waals surface area contributed by atoms with Crippen LogP contribution in [-0.2, 0) is 0 Å². The van der Waals surface area contributed by atoms with Gasteiger partial charge in [0.2, 0.25) is 5.95 Å². The van der Waals surface area contributed by atoms with Crippen LogP contribution in [0.15, 0.2) is 30.3 Å². The largest absolute Gasteiger partial charge is 0.356 e. The van der Waals surface area contributed by atoms with Gasteiger partial charge in [0.1, 0.15) is 5.82 Å². The molecule has 0 unspecified atom stereocenters. The highest BCUT2D eigenvalue weighted by molar-refractivity contribution is 5.56. The second kappa shape index (κ2) is 6.99. The Hall–Kier alpha value is -2.10. The average molecular weight is 310 g/mol. The number of aryl methyl sites for hydroxylation is 1. The van der Waals surface area contributed by atoms with E-state index in [1.165, 1.54) is 24.8 Å². The minimum atomic E-state index is 0.546. The van der Waals surface area contributed by atoms with Gasteiger partial charge < -0.3 is 10.2 Å². The smallest absolute Gasteiger partial charge is 0.229 e. The van der Waals surface area contributed by atoms with Crippen molar-refractivity contribution in [2.24, 2.45) is 0 Å². The zero-order valence-electron chi connectivity index (χ0n) is 14.3. The summed E-state index contributed by atoms with van der Waals surface area (Å²) in [5.74, 6) is 2.27. The van der Waals surface area contributed by atoms with Crippen molar-refractivity contribution in [2.75, 3.05) is 23.3 Å². The maximum atomic E-state index is 4.71. The number of hydrogen-bond donors (Lipinski definition) is 1. The molecule has 1 saturated heterocycles. The van der Waals surface area contributed by atoms with Gasteiger partial charge in [-0.3, -0.25) is 0 Å². The van der Waals surface area contributed by atoms with Gasteiger partial charge in [-0.1, -0.05) is 26.0 Å². The van der Waals surface area contributed by atoms with E-state index in [-0.39, 0.29) is 0 Å². The van der Waals surface area contributed by atoms with Crippen LogP contribution < -0.4 is 10.2 Å². The van der Waals surface area contributed by atoms with Crippen molar-refractivity contribution in [3.05, 3.63) is 41.6 Å². The molecule has 0 amide bonds. The third-order valence-electron chi connectivity index (χ3n) is 4.35. The number of rotatable bonds is 4. The van der Waals surface area contributed by atoms with Gasteiger partial charge in [-0.2, -0.15) is 4.98 Å². The zero-order chi connectivity index (χ0) is 16.2. The molecule has 1 N–H and O–H groups in total. The van der Waals surface area contributed by atoms with Crippen LogP contribution >= 0.6 is 0 Å². The van der Waals surface area contributed by atoms with E-state index in [0.717, 1.165) is 30.3 Å². The molecule has 4 heteroatoms. The summed E-state index contributed by atoms with van der Waals surface area (Å²) in [6, 6.07) is 10.6. The normalized spacial score (nSPS) is 15.0. The van der Waals surface area contributed by atoms with E-state index >= 15 is 0 Å². The van der Waals surface area contributed by atoms with Gasteiger partial charge in [-0.05, 0) is 49.8 Å². The first-order valence-electron chi connectivity index (χ1n) is 8.59. The standard InChI is InChI=1S/C19H26N4/c1-14(2)16-7-9-17(10-8-16)21-19-20-15(3)13-18(22-19)23-11-5-4-6-12-23/h7-10,13-14H,4-6,11-12H2,1-3H3,(H,20,21,22). The van der Waals surface area contributed by atoms with Crippen molar-refractivity contribution in [3.8, 4) is 0 Å². The number of anilines is 3. The lowest BCUT2D eigenvalue weighted by molar-refractivity contribution is 0.573. The van der Waals surface area contributed by atoms with Crippen LogP contribution in [-0.4, -0.2) is 23.1 Å². The number of aromatic nitrogens is 2. The molecule has 3 rings (SSSR count). The van der Waals surface area contributed by atoms with E-state index in [1.54, 1.807) is 0 Å². The van der Waals surface area contributed by atoms with Crippen molar-refractivity contribution in [1.29, 1.82) is 0 Å². The summed E-state index contributed by atoms with van der Waals surface area (Å²) in [6.45, 7) is 8.63. The lowest BCUT2D eigenvalue weighted by Crippen LogP contribution is -2.30. The summed E-state index contributed by atoms with van der Waals surface area (Å²) in [6.07, 6.45) is 3.83. The molecule has 2 heterocycles. The van der Waals surface area contributed by atoms with Crippen LogP contribution in [0.4, 0.5) is 17.5 Å². The highest BCUT2D eigenvalue weighted by Crippen LogP contribution is 2.22. The first-order chi connectivity index (χ1) is 11.1. The van der Waals surface area contributed by atoms with E-state index in [4.69, 9.17) is 4.98 Å². The van der Waals surface area contributed by atoms with E-state index in [0.29, 0.717) is 11.9 Å². The highest BCUT2D eigenvalue weighted by Gasteiger charge is 2.14. The average Bonchev–Trinajstić information content (AvgIpc) is 2.55. The molecule has 1 aliphatic heterocycles. The van der Waals surface area contributed by atoms with Gasteiger partial charge in [0.25, 0.3) is 0 Å². The molecular formula is C19H26N4. The predicted molar refractivity (Wildman–Crippen MR) is 96.6 cm³/mol. The Morgan fingerprint density at radius 2 is 1.70 bits per heavy atom. The van der Waals surface area contributed by atoms with Crippen molar-refractivity contribution in [3.63, 3.8) is 0 Å². The van der Waals surface area contributed by atoms with Crippen molar-refractivity contribution in [2.45, 2.75) is 46.0 Å². The maximum absolute atomic E-state index is 4.71. The molecule has 122 valence electrons. The van der Waals surface area contributed by atoms with Gasteiger partial charge in [-0.25, -0.2) is 4.98 Å². The van der Waals surface area contributed by atoms with Crippen LogP contribution in [0.25, 0.3) is 0 Å². The Kier molecular flexibility index (Phi) is 4.79. The van der Waals surface area contributed by atoms with E-state index in [1.807, 2.05) is 6.92 Å². The Morgan fingerprint density at radius 3 is 2.35 bits per heavy atom. The van der Waals surface area contributed by atoms with Gasteiger partial charge in [0.15, 0.2) is 0 Å². The summed E-state index contributed by atoms with van der Waals surface area (Å²) in [4.78, 5) is 11.6. The molecule has 0 aliphatic carbocycles. The second-order valence-corrected chi connectivity index (χ2v) is 6.64. The minimum absolute atomic E-state index is 0.546. The number of nitrogens with one attached hydrogen (secondary N) is 1. The number of benzene rings is 1. The highest BCUT2D eigenvalue weighted by atomic mass is 15.2. The molecule has 0 radical (unpaired) electrons. The van der Waals surface area contributed by atoms with Gasteiger partial charge >= 0.3 is 0 Å². The molecule has 2 aromatic rings. The fourth-order valence-corrected chi connectivity index (χ4v) is 2.97. The number of nitrogens with zero attached hydrogens (tertiary/aromatic N) is 3. The molecule has 4 nitrogen and oxygen atoms in total. The molecule has 0 atom stereocenters. The Labute approximate surface area is 139 Å². The molecule has 0 bridgehead atoms. The van der Waals surface area contributed by atoms with Crippen LogP contribution in [0.2, 0.25) is 0 Å². The van der Waals surface area contributed by atoms with Crippen molar-refractivity contribution >= 4 is 17.5 Å². The summed E-state index contributed by atoms with van der Waals surface area (Å²) in [7, 11) is 0. The molecule has 23 heavy (non-hydrogen) atoms. The molecule has 1 fully saturated rings. The monoisotopic (exact) mass is 310 g/mol. The first kappa shape index (κ1) is 15.8. The third kappa shape index (κ3) is 4.01. The second-order valence-electron chi connectivity index (χ2n) is 6.64. The van der Waals surface area contributed by atoms with Gasteiger partial charge in [-0.15, -0.1) is 0 Å². The Bertz CT molecular complexity index is 643. The molecule has 1 aromatic carbocycles. The zero-order valence-corrected chi connectivity index (χ0v) is 14.3. The SMILES string of the molecule is Cc1cc(N2CCCCC2)nc(Nc2ccc(C(C)C)cc2)n1. The number of piperidine rings is 1. The summed E-state index contributed by atoms with van der Waals surface area (Å²) < 4.78 is 0. The van der Waals surface area contributed by atoms with Crippen LogP contribution in [0.3, 0.4) is 0 Å². The Morgan fingerprint density at radius 1 is 1.00 bits per heavy atom. The molecule has 0 spiro atoms. The lowest BCUT2D eigenvalue weighted by atomic mass is 10.0. The van der Waals surface area contributed by atoms with Crippen molar-refractivity contribution < 1.29 is 0 Å². The predicted octanol–water partition coefficient (Wildman–Crippen LogP) is 4.64. The lowest BCUT2D eigenvalue weighted by Gasteiger charge is -2.28. The Balaban J connectivity index is 1.78. The third-order valence-corrected chi connectivity index (χ3v) is 4.35. The quantitative estimate of drug-likeness (QED) is 0.893. The minimum Gasteiger partial charge on any atom is -0.356 e. The van der Waals surface area contributed by atoms with Gasteiger partial charge in [0, 0.05) is 30.5 Å². The topological polar surface area (TPSA) is 41.1 Å². The van der Waals surface area contributed by atoms with E-state index < -0.39 is 0 Å². The summed E-state index contributed by atoms with van der Waals surface area (Å²) in [5, 5.41) is 3.34. The van der Waals surface area contributed by atoms with Crippen LogP contribution in [0.1, 0.15) is 50.3 Å². The van der Waals surface area contributed by atoms with Crippen LogP contribution in [0.5, 0.6) is 0 Å². The number of hydrogen-bond acceptors (Lipinski definition) is 4. The maximum Gasteiger partial charge on any atom is 0.229 e. The summed E-state index contributed by atoms with van der Waals surface area (Å²) in [5.41, 5.74) is 3.38. The van der Waals surface area contributed by atoms with Crippen molar-refractivity contribution in [1.82, 2.24) is 9.97 Å². The first-order valence-corrected chi connectivity index (χ1v) is 8.59. The molecule has 1 aliphatic rings.